The molecule has 0 atom stereocenters. The van der Waals surface area contributed by atoms with Crippen LogP contribution in [0.2, 0.25) is 0 Å². The largest absolute Gasteiger partial charge is 0.326 e. The number of hydrogen-bond acceptors (Lipinski definition) is 4. The van der Waals surface area contributed by atoms with Crippen LogP contribution in [-0.2, 0) is 19.2 Å². The summed E-state index contributed by atoms with van der Waals surface area (Å²) in [6.07, 6.45) is 0.752. The summed E-state index contributed by atoms with van der Waals surface area (Å²) < 4.78 is 0. The van der Waals surface area contributed by atoms with E-state index in [-0.39, 0.29) is 36.5 Å². The van der Waals surface area contributed by atoms with Crippen LogP contribution < -0.4 is 21.3 Å². The smallest absolute Gasteiger partial charge is 0.224 e. The van der Waals surface area contributed by atoms with Crippen molar-refractivity contribution in [2.75, 3.05) is 21.3 Å². The highest BCUT2D eigenvalue weighted by atomic mass is 16.2. The zero-order chi connectivity index (χ0) is 21.2. The molecule has 2 aromatic carbocycles. The quantitative estimate of drug-likeness (QED) is 0.547. The molecule has 152 valence electrons. The van der Waals surface area contributed by atoms with E-state index in [2.05, 4.69) is 21.3 Å². The molecule has 8 nitrogen and oxygen atoms in total. The summed E-state index contributed by atoms with van der Waals surface area (Å²) in [4.78, 5) is 46.3. The van der Waals surface area contributed by atoms with Crippen LogP contribution in [0.4, 0.5) is 22.7 Å². The van der Waals surface area contributed by atoms with Gasteiger partial charge in [0.05, 0.1) is 0 Å². The Morgan fingerprint density at radius 1 is 0.621 bits per heavy atom. The number of amides is 4. The Labute approximate surface area is 169 Å². The van der Waals surface area contributed by atoms with Crippen molar-refractivity contribution >= 4 is 46.4 Å². The van der Waals surface area contributed by atoms with Crippen molar-refractivity contribution in [3.05, 3.63) is 48.5 Å². The Kier molecular flexibility index (Phi) is 7.90. The van der Waals surface area contributed by atoms with Crippen molar-refractivity contribution in [1.29, 1.82) is 0 Å². The molecule has 0 heterocycles. The molecule has 0 saturated carbocycles. The number of anilines is 4. The first-order chi connectivity index (χ1) is 13.8. The molecule has 0 aliphatic heterocycles. The predicted molar refractivity (Wildman–Crippen MR) is 113 cm³/mol. The molecule has 29 heavy (non-hydrogen) atoms. The molecule has 0 unspecified atom stereocenters. The molecule has 0 aromatic heterocycles. The van der Waals surface area contributed by atoms with Crippen molar-refractivity contribution in [3.8, 4) is 0 Å². The third-order valence-corrected chi connectivity index (χ3v) is 3.74. The van der Waals surface area contributed by atoms with Crippen LogP contribution in [0.1, 0.15) is 33.1 Å². The molecule has 0 fully saturated rings. The molecular weight excluding hydrogens is 372 g/mol. The van der Waals surface area contributed by atoms with E-state index in [1.54, 1.807) is 48.5 Å². The first-order valence-corrected chi connectivity index (χ1v) is 9.17. The summed E-state index contributed by atoms with van der Waals surface area (Å²) in [5, 5.41) is 10.8. The van der Waals surface area contributed by atoms with Gasteiger partial charge in [0, 0.05) is 49.4 Å². The van der Waals surface area contributed by atoms with Crippen LogP contribution in [0.3, 0.4) is 0 Å². The lowest BCUT2D eigenvalue weighted by atomic mass is 10.2. The normalized spacial score (nSPS) is 10.0. The van der Waals surface area contributed by atoms with Crippen molar-refractivity contribution in [1.82, 2.24) is 0 Å². The number of carbonyl (C=O) groups is 4. The molecule has 0 aliphatic rings. The Balaban J connectivity index is 1.76. The van der Waals surface area contributed by atoms with E-state index in [9.17, 15) is 19.2 Å². The first kappa shape index (κ1) is 21.6. The van der Waals surface area contributed by atoms with Crippen molar-refractivity contribution in [3.63, 3.8) is 0 Å². The minimum absolute atomic E-state index is 0.184. The van der Waals surface area contributed by atoms with Crippen LogP contribution in [0, 0.1) is 0 Å². The maximum Gasteiger partial charge on any atom is 0.224 e. The molecular formula is C21H24N4O4. The van der Waals surface area contributed by atoms with Crippen LogP contribution in [0.5, 0.6) is 0 Å². The third-order valence-electron chi connectivity index (χ3n) is 3.74. The minimum Gasteiger partial charge on any atom is -0.326 e. The summed E-state index contributed by atoms with van der Waals surface area (Å²) in [7, 11) is 0. The molecule has 0 bridgehead atoms. The van der Waals surface area contributed by atoms with Gasteiger partial charge in [-0.05, 0) is 42.8 Å². The highest BCUT2D eigenvalue weighted by Crippen LogP contribution is 2.17. The van der Waals surface area contributed by atoms with E-state index in [1.807, 2.05) is 0 Å². The Morgan fingerprint density at radius 3 is 1.31 bits per heavy atom. The fourth-order valence-corrected chi connectivity index (χ4v) is 2.61. The third kappa shape index (κ3) is 8.25. The molecule has 4 amide bonds. The summed E-state index contributed by atoms with van der Waals surface area (Å²) in [5.41, 5.74) is 2.33. The Hall–Kier alpha value is -3.68. The highest BCUT2D eigenvalue weighted by Gasteiger charge is 2.08. The molecule has 2 aromatic rings. The number of hydrogen-bond donors (Lipinski definition) is 4. The minimum atomic E-state index is -0.217. The lowest BCUT2D eigenvalue weighted by Crippen LogP contribution is -2.15. The zero-order valence-corrected chi connectivity index (χ0v) is 16.4. The molecule has 0 spiro atoms. The Bertz CT molecular complexity index is 838. The van der Waals surface area contributed by atoms with Gasteiger partial charge in [-0.2, -0.15) is 0 Å². The van der Waals surface area contributed by atoms with Gasteiger partial charge < -0.3 is 21.3 Å². The molecule has 2 rings (SSSR count). The standard InChI is InChI=1S/C21H24N4O4/c1-14(26)22-16-6-3-8-18(12-16)24-20(28)10-5-11-21(29)25-19-9-4-7-17(13-19)23-15(2)27/h3-4,6-9,12-13H,5,10-11H2,1-2H3,(H,22,26)(H,23,27)(H,24,28)(H,25,29). The van der Waals surface area contributed by atoms with Gasteiger partial charge in [0.15, 0.2) is 0 Å². The zero-order valence-electron chi connectivity index (χ0n) is 16.4. The van der Waals surface area contributed by atoms with Gasteiger partial charge in [-0.25, -0.2) is 0 Å². The second-order valence-electron chi connectivity index (χ2n) is 6.47. The van der Waals surface area contributed by atoms with Gasteiger partial charge in [0.2, 0.25) is 23.6 Å². The van der Waals surface area contributed by atoms with Crippen LogP contribution >= 0.6 is 0 Å². The lowest BCUT2D eigenvalue weighted by molar-refractivity contribution is -0.118. The first-order valence-electron chi connectivity index (χ1n) is 9.17. The van der Waals surface area contributed by atoms with Crippen molar-refractivity contribution in [2.45, 2.75) is 33.1 Å². The van der Waals surface area contributed by atoms with Crippen molar-refractivity contribution < 1.29 is 19.2 Å². The fraction of sp³-hybridized carbons (Fsp3) is 0.238. The van der Waals surface area contributed by atoms with Crippen LogP contribution in [-0.4, -0.2) is 23.6 Å². The summed E-state index contributed by atoms with van der Waals surface area (Å²) in [6.45, 7) is 2.82. The second-order valence-corrected chi connectivity index (χ2v) is 6.47. The van der Waals surface area contributed by atoms with Crippen LogP contribution in [0.25, 0.3) is 0 Å². The van der Waals surface area contributed by atoms with Gasteiger partial charge >= 0.3 is 0 Å². The van der Waals surface area contributed by atoms with Gasteiger partial charge in [0.1, 0.15) is 0 Å². The van der Waals surface area contributed by atoms with E-state index in [1.165, 1.54) is 13.8 Å². The van der Waals surface area contributed by atoms with Gasteiger partial charge in [-0.1, -0.05) is 12.1 Å². The fourth-order valence-electron chi connectivity index (χ4n) is 2.61. The average Bonchev–Trinajstić information content (AvgIpc) is 2.61. The predicted octanol–water partition coefficient (Wildman–Crippen LogP) is 3.35. The summed E-state index contributed by atoms with van der Waals surface area (Å²) in [6, 6.07) is 13.7. The van der Waals surface area contributed by atoms with Crippen LogP contribution in [0.15, 0.2) is 48.5 Å². The molecule has 0 aliphatic carbocycles. The second kappa shape index (κ2) is 10.6. The van der Waals surface area contributed by atoms with E-state index in [4.69, 9.17) is 0 Å². The number of benzene rings is 2. The summed E-state index contributed by atoms with van der Waals surface area (Å²) >= 11 is 0. The number of nitrogens with one attached hydrogen (secondary N) is 4. The van der Waals surface area contributed by atoms with Gasteiger partial charge in [-0.3, -0.25) is 19.2 Å². The van der Waals surface area contributed by atoms with Gasteiger partial charge in [0.25, 0.3) is 0 Å². The maximum absolute atomic E-state index is 12.1. The summed E-state index contributed by atoms with van der Waals surface area (Å²) in [5.74, 6) is -0.819. The molecule has 0 radical (unpaired) electrons. The maximum atomic E-state index is 12.1. The monoisotopic (exact) mass is 396 g/mol. The van der Waals surface area contributed by atoms with E-state index >= 15 is 0 Å². The van der Waals surface area contributed by atoms with Gasteiger partial charge in [-0.15, -0.1) is 0 Å². The molecule has 0 saturated heterocycles. The number of rotatable bonds is 8. The lowest BCUT2D eigenvalue weighted by Gasteiger charge is -2.09. The van der Waals surface area contributed by atoms with E-state index in [0.29, 0.717) is 29.2 Å². The number of carbonyl (C=O) groups excluding carboxylic acids is 4. The average molecular weight is 396 g/mol. The van der Waals surface area contributed by atoms with E-state index in [0.717, 1.165) is 0 Å². The van der Waals surface area contributed by atoms with E-state index < -0.39 is 0 Å². The topological polar surface area (TPSA) is 116 Å². The Morgan fingerprint density at radius 2 is 0.966 bits per heavy atom. The molecule has 8 heteroatoms. The van der Waals surface area contributed by atoms with Crippen molar-refractivity contribution in [2.24, 2.45) is 0 Å². The highest BCUT2D eigenvalue weighted by molar-refractivity contribution is 5.95. The SMILES string of the molecule is CC(=O)Nc1cccc(NC(=O)CCCC(=O)Nc2cccc(NC(C)=O)c2)c1. The molecule has 4 N–H and O–H groups in total.